The number of ketones is 1. The first-order valence-electron chi connectivity index (χ1n) is 16.8. The number of carbonyl (C=O) groups is 5. The van der Waals surface area contributed by atoms with Crippen LogP contribution in [0.1, 0.15) is 70.6 Å². The van der Waals surface area contributed by atoms with Crippen LogP contribution in [0.15, 0.2) is 91.0 Å². The van der Waals surface area contributed by atoms with Gasteiger partial charge in [0.05, 0.1) is 0 Å². The summed E-state index contributed by atoms with van der Waals surface area (Å²) in [5.74, 6) is -2.82. The van der Waals surface area contributed by atoms with Gasteiger partial charge in [-0.3, -0.25) is 19.2 Å². The highest BCUT2D eigenvalue weighted by Crippen LogP contribution is 2.22. The molecular formula is C39H50N4O6. The Kier molecular flexibility index (Phi) is 14.1. The fraction of sp³-hybridized carbons (Fsp3) is 0.410. The molecule has 0 unspecified atom stereocenters. The molecule has 3 atom stereocenters. The first kappa shape index (κ1) is 38.5. The van der Waals surface area contributed by atoms with Crippen molar-refractivity contribution in [3.8, 4) is 0 Å². The summed E-state index contributed by atoms with van der Waals surface area (Å²) < 4.78 is 5.54. The molecule has 0 aliphatic carbocycles. The molecule has 3 aromatic carbocycles. The Morgan fingerprint density at radius 2 is 1.27 bits per heavy atom. The quantitative estimate of drug-likeness (QED) is 0.151. The number of hydrogen-bond donors (Lipinski definition) is 4. The average Bonchev–Trinajstić information content (AvgIpc) is 3.04. The average molecular weight is 671 g/mol. The lowest BCUT2D eigenvalue weighted by molar-refractivity contribution is -0.140. The first-order chi connectivity index (χ1) is 23.2. The highest BCUT2D eigenvalue weighted by molar-refractivity contribution is 6.13. The molecule has 5 N–H and O–H groups in total. The summed E-state index contributed by atoms with van der Waals surface area (Å²) in [5, 5.41) is 8.13. The molecule has 0 spiro atoms. The van der Waals surface area contributed by atoms with Gasteiger partial charge in [0, 0.05) is 19.3 Å². The van der Waals surface area contributed by atoms with Crippen LogP contribution in [0.5, 0.6) is 0 Å². The predicted molar refractivity (Wildman–Crippen MR) is 189 cm³/mol. The molecule has 0 aliphatic rings. The van der Waals surface area contributed by atoms with Crippen molar-refractivity contribution in [3.05, 3.63) is 108 Å². The number of ether oxygens (including phenoxy) is 1. The van der Waals surface area contributed by atoms with Crippen molar-refractivity contribution in [1.29, 1.82) is 0 Å². The van der Waals surface area contributed by atoms with Crippen molar-refractivity contribution < 1.29 is 28.7 Å². The van der Waals surface area contributed by atoms with Crippen LogP contribution in [0.25, 0.3) is 0 Å². The molecule has 0 bridgehead atoms. The number of nitrogens with one attached hydrogen (secondary N) is 3. The molecule has 262 valence electrons. The number of rotatable bonds is 17. The van der Waals surface area contributed by atoms with E-state index in [1.165, 1.54) is 0 Å². The van der Waals surface area contributed by atoms with Gasteiger partial charge in [-0.2, -0.15) is 0 Å². The van der Waals surface area contributed by atoms with Gasteiger partial charge in [0.2, 0.25) is 11.8 Å². The fourth-order valence-electron chi connectivity index (χ4n) is 5.50. The SMILES string of the molecule is CC(C)C[C@H](NC(=O)[C@@](Cc1ccccc1)(NC(=O)OC(C)(C)C)C(=O)CCCc1ccccc1)C(=O)N[C@@H](Cc1ccccc1)C(N)=O. The molecule has 10 heteroatoms. The summed E-state index contributed by atoms with van der Waals surface area (Å²) in [6.07, 6.45) is 0.169. The Morgan fingerprint density at radius 1 is 0.735 bits per heavy atom. The Hall–Kier alpha value is -4.99. The van der Waals surface area contributed by atoms with Crippen LogP contribution in [-0.4, -0.2) is 52.8 Å². The molecule has 4 amide bonds. The minimum absolute atomic E-state index is 0.0349. The molecule has 0 saturated carbocycles. The topological polar surface area (TPSA) is 157 Å². The van der Waals surface area contributed by atoms with Gasteiger partial charge in [-0.05, 0) is 62.6 Å². The van der Waals surface area contributed by atoms with Crippen molar-refractivity contribution >= 4 is 29.6 Å². The highest BCUT2D eigenvalue weighted by atomic mass is 16.6. The second-order valence-electron chi connectivity index (χ2n) is 13.8. The molecular weight excluding hydrogens is 620 g/mol. The molecule has 0 aliphatic heterocycles. The van der Waals surface area contributed by atoms with Gasteiger partial charge in [-0.1, -0.05) is 105 Å². The minimum Gasteiger partial charge on any atom is -0.444 e. The number of nitrogens with two attached hydrogens (primary N) is 1. The van der Waals surface area contributed by atoms with E-state index in [0.29, 0.717) is 18.4 Å². The monoisotopic (exact) mass is 670 g/mol. The molecule has 3 rings (SSSR count). The summed E-state index contributed by atoms with van der Waals surface area (Å²) in [4.78, 5) is 68.5. The Labute approximate surface area is 289 Å². The Balaban J connectivity index is 1.99. The van der Waals surface area contributed by atoms with Gasteiger partial charge in [0.1, 0.15) is 17.7 Å². The third-order valence-corrected chi connectivity index (χ3v) is 7.87. The Morgan fingerprint density at radius 3 is 1.78 bits per heavy atom. The third-order valence-electron chi connectivity index (χ3n) is 7.87. The molecule has 0 radical (unpaired) electrons. The van der Waals surface area contributed by atoms with E-state index < -0.39 is 52.8 Å². The smallest absolute Gasteiger partial charge is 0.408 e. The second kappa shape index (κ2) is 18.0. The lowest BCUT2D eigenvalue weighted by Crippen LogP contribution is -2.67. The van der Waals surface area contributed by atoms with Gasteiger partial charge in [0.25, 0.3) is 5.91 Å². The third kappa shape index (κ3) is 12.5. The van der Waals surface area contributed by atoms with Crippen LogP contribution in [0.4, 0.5) is 4.79 Å². The highest BCUT2D eigenvalue weighted by Gasteiger charge is 2.48. The van der Waals surface area contributed by atoms with Crippen molar-refractivity contribution in [1.82, 2.24) is 16.0 Å². The number of alkyl carbamates (subject to hydrolysis) is 1. The summed E-state index contributed by atoms with van der Waals surface area (Å²) in [6.45, 7) is 8.81. The van der Waals surface area contributed by atoms with Crippen LogP contribution in [0, 0.1) is 5.92 Å². The summed E-state index contributed by atoms with van der Waals surface area (Å²) in [5.41, 5.74) is 5.08. The number of primary amides is 1. The Bertz CT molecular complexity index is 1540. The van der Waals surface area contributed by atoms with E-state index in [1.807, 2.05) is 80.6 Å². The normalized spacial score (nSPS) is 13.8. The molecule has 0 heterocycles. The van der Waals surface area contributed by atoms with E-state index in [9.17, 15) is 24.0 Å². The van der Waals surface area contributed by atoms with E-state index in [1.54, 1.807) is 45.0 Å². The van der Waals surface area contributed by atoms with E-state index in [0.717, 1.165) is 11.1 Å². The minimum atomic E-state index is -2.12. The van der Waals surface area contributed by atoms with Crippen LogP contribution in [0.3, 0.4) is 0 Å². The van der Waals surface area contributed by atoms with Gasteiger partial charge in [0.15, 0.2) is 11.3 Å². The molecule has 0 aromatic heterocycles. The number of hydrogen-bond acceptors (Lipinski definition) is 6. The molecule has 3 aromatic rings. The van der Waals surface area contributed by atoms with Gasteiger partial charge in [-0.15, -0.1) is 0 Å². The molecule has 0 fully saturated rings. The van der Waals surface area contributed by atoms with E-state index in [2.05, 4.69) is 16.0 Å². The number of benzene rings is 3. The largest absolute Gasteiger partial charge is 0.444 e. The van der Waals surface area contributed by atoms with E-state index >= 15 is 0 Å². The maximum Gasteiger partial charge on any atom is 0.408 e. The van der Waals surface area contributed by atoms with Gasteiger partial charge >= 0.3 is 6.09 Å². The number of carbonyl (C=O) groups excluding carboxylic acids is 5. The summed E-state index contributed by atoms with van der Waals surface area (Å²) in [7, 11) is 0. The maximum atomic E-state index is 14.6. The van der Waals surface area contributed by atoms with E-state index in [-0.39, 0.29) is 31.6 Å². The van der Waals surface area contributed by atoms with Crippen LogP contribution < -0.4 is 21.7 Å². The fourth-order valence-corrected chi connectivity index (χ4v) is 5.50. The van der Waals surface area contributed by atoms with Gasteiger partial charge in [-0.25, -0.2) is 4.79 Å². The van der Waals surface area contributed by atoms with Crippen LogP contribution in [-0.2, 0) is 43.2 Å². The lowest BCUT2D eigenvalue weighted by atomic mass is 9.82. The standard InChI is InChI=1S/C39H50N4O6/c1-27(2)24-32(35(46)41-31(34(40)45)25-29-18-11-7-12-19-29)42-36(47)39(26-30-20-13-8-14-21-30,43-37(48)49-38(3,4)5)33(44)23-15-22-28-16-9-6-10-17-28/h6-14,16-21,27,31-32H,15,22-26H2,1-5H3,(H2,40,45)(H,41,46)(H,42,47)(H,43,48)/t31-,32-,39-/m0/s1. The number of Topliss-reactive ketones (excluding diaryl/α,β-unsaturated/α-hetero) is 1. The number of amides is 4. The zero-order chi connectivity index (χ0) is 36.0. The van der Waals surface area contributed by atoms with Crippen molar-refractivity contribution in [2.45, 2.75) is 96.4 Å². The lowest BCUT2D eigenvalue weighted by Gasteiger charge is -2.35. The zero-order valence-electron chi connectivity index (χ0n) is 29.2. The molecule has 10 nitrogen and oxygen atoms in total. The van der Waals surface area contributed by atoms with Crippen LogP contribution in [0.2, 0.25) is 0 Å². The molecule has 0 saturated heterocycles. The first-order valence-corrected chi connectivity index (χ1v) is 16.8. The van der Waals surface area contributed by atoms with Crippen LogP contribution >= 0.6 is 0 Å². The second-order valence-corrected chi connectivity index (χ2v) is 13.8. The summed E-state index contributed by atoms with van der Waals surface area (Å²) in [6, 6.07) is 25.4. The maximum absolute atomic E-state index is 14.6. The number of aryl methyl sites for hydroxylation is 1. The predicted octanol–water partition coefficient (Wildman–Crippen LogP) is 4.83. The van der Waals surface area contributed by atoms with Gasteiger partial charge < -0.3 is 26.4 Å². The molecule has 49 heavy (non-hydrogen) atoms. The van der Waals surface area contributed by atoms with Crippen molar-refractivity contribution in [2.24, 2.45) is 11.7 Å². The van der Waals surface area contributed by atoms with Crippen molar-refractivity contribution in [2.75, 3.05) is 0 Å². The van der Waals surface area contributed by atoms with Crippen molar-refractivity contribution in [3.63, 3.8) is 0 Å². The zero-order valence-corrected chi connectivity index (χ0v) is 29.2. The summed E-state index contributed by atoms with van der Waals surface area (Å²) >= 11 is 0. The van der Waals surface area contributed by atoms with E-state index in [4.69, 9.17) is 10.5 Å².